The molecule has 0 fully saturated rings. The van der Waals surface area contributed by atoms with Crippen molar-refractivity contribution in [2.75, 3.05) is 0 Å². The molecule has 1 aromatic heterocycles. The largest absolute Gasteiger partial charge is 0.502 e. The van der Waals surface area contributed by atoms with Gasteiger partial charge in [-0.2, -0.15) is 0 Å². The number of aromatic hydroxyl groups is 1. The molecule has 0 bridgehead atoms. The first-order chi connectivity index (χ1) is 7.04. The molecule has 0 saturated heterocycles. The summed E-state index contributed by atoms with van der Waals surface area (Å²) in [7, 11) is 1.50. The van der Waals surface area contributed by atoms with E-state index in [9.17, 15) is 20.0 Å². The summed E-state index contributed by atoms with van der Waals surface area (Å²) in [4.78, 5) is 21.4. The molecule has 1 aromatic rings. The lowest BCUT2D eigenvalue weighted by Gasteiger charge is -2.08. The van der Waals surface area contributed by atoms with Crippen LogP contribution in [0, 0.1) is 10.1 Å². The van der Waals surface area contributed by atoms with Gasteiger partial charge in [-0.05, 0) is 19.3 Å². The Morgan fingerprint density at radius 2 is 2.13 bits per heavy atom. The fourth-order valence-electron chi connectivity index (χ4n) is 2.04. The van der Waals surface area contributed by atoms with Crippen LogP contribution >= 0.6 is 0 Å². The molecule has 0 saturated carbocycles. The van der Waals surface area contributed by atoms with Crippen LogP contribution in [-0.2, 0) is 19.9 Å². The summed E-state index contributed by atoms with van der Waals surface area (Å²) >= 11 is 0. The van der Waals surface area contributed by atoms with E-state index in [1.807, 2.05) is 0 Å². The third kappa shape index (κ3) is 1.21. The Morgan fingerprint density at radius 3 is 2.73 bits per heavy atom. The van der Waals surface area contributed by atoms with Gasteiger partial charge in [0.2, 0.25) is 5.75 Å². The minimum atomic E-state index is -0.823. The lowest BCUT2D eigenvalue weighted by atomic mass is 10.2. The van der Waals surface area contributed by atoms with Crippen molar-refractivity contribution in [3.05, 3.63) is 31.7 Å². The van der Waals surface area contributed by atoms with Crippen molar-refractivity contribution >= 4 is 5.69 Å². The Labute approximate surface area is 84.9 Å². The number of pyridine rings is 1. The summed E-state index contributed by atoms with van der Waals surface area (Å²) in [6, 6.07) is 0. The second kappa shape index (κ2) is 3.08. The summed E-state index contributed by atoms with van der Waals surface area (Å²) in [6.45, 7) is 0. The maximum atomic E-state index is 11.6. The van der Waals surface area contributed by atoms with Crippen molar-refractivity contribution in [2.45, 2.75) is 19.3 Å². The normalized spacial score (nSPS) is 13.9. The van der Waals surface area contributed by atoms with E-state index in [4.69, 9.17) is 0 Å². The fourth-order valence-corrected chi connectivity index (χ4v) is 2.04. The maximum absolute atomic E-state index is 11.6. The van der Waals surface area contributed by atoms with Gasteiger partial charge in [-0.3, -0.25) is 14.9 Å². The first-order valence-corrected chi connectivity index (χ1v) is 4.62. The van der Waals surface area contributed by atoms with Crippen molar-refractivity contribution in [1.82, 2.24) is 4.57 Å². The third-order valence-electron chi connectivity index (χ3n) is 2.79. The molecule has 0 aromatic carbocycles. The van der Waals surface area contributed by atoms with E-state index in [1.165, 1.54) is 11.6 Å². The molecule has 6 heteroatoms. The van der Waals surface area contributed by atoms with Crippen LogP contribution in [0.3, 0.4) is 0 Å². The predicted octanol–water partition coefficient (Wildman–Crippen LogP) is 0.488. The van der Waals surface area contributed by atoms with Gasteiger partial charge in [0.1, 0.15) is 0 Å². The Kier molecular flexibility index (Phi) is 1.99. The number of aromatic nitrogens is 1. The second-order valence-electron chi connectivity index (χ2n) is 3.60. The van der Waals surface area contributed by atoms with E-state index in [0.717, 1.165) is 6.42 Å². The van der Waals surface area contributed by atoms with Crippen molar-refractivity contribution in [1.29, 1.82) is 0 Å². The summed E-state index contributed by atoms with van der Waals surface area (Å²) in [5, 5.41) is 20.3. The van der Waals surface area contributed by atoms with Crippen LogP contribution in [0.4, 0.5) is 5.69 Å². The molecule has 0 radical (unpaired) electrons. The van der Waals surface area contributed by atoms with Gasteiger partial charge in [-0.15, -0.1) is 0 Å². The minimum Gasteiger partial charge on any atom is -0.502 e. The van der Waals surface area contributed by atoms with Gasteiger partial charge in [-0.25, -0.2) is 0 Å². The summed E-state index contributed by atoms with van der Waals surface area (Å²) in [6.07, 6.45) is 2.10. The molecule has 15 heavy (non-hydrogen) atoms. The van der Waals surface area contributed by atoms with Crippen LogP contribution in [0.25, 0.3) is 0 Å². The van der Waals surface area contributed by atoms with Gasteiger partial charge < -0.3 is 9.67 Å². The number of nitrogens with zero attached hydrogens (tertiary/aromatic N) is 2. The number of rotatable bonds is 1. The summed E-state index contributed by atoms with van der Waals surface area (Å²) in [5.41, 5.74) is -0.191. The zero-order chi connectivity index (χ0) is 11.2. The van der Waals surface area contributed by atoms with Crippen LogP contribution in [0.15, 0.2) is 4.79 Å². The zero-order valence-electron chi connectivity index (χ0n) is 8.19. The molecule has 1 aliphatic carbocycles. The highest BCUT2D eigenvalue weighted by Gasteiger charge is 2.29. The van der Waals surface area contributed by atoms with Crippen LogP contribution in [0.2, 0.25) is 0 Å². The lowest BCUT2D eigenvalue weighted by Crippen LogP contribution is -2.23. The molecule has 0 atom stereocenters. The number of hydrogen-bond donors (Lipinski definition) is 1. The van der Waals surface area contributed by atoms with Crippen LogP contribution < -0.4 is 5.56 Å². The molecular formula is C9H10N2O4. The highest BCUT2D eigenvalue weighted by atomic mass is 16.6. The van der Waals surface area contributed by atoms with Gasteiger partial charge >= 0.3 is 11.2 Å². The van der Waals surface area contributed by atoms with Crippen molar-refractivity contribution in [2.24, 2.45) is 7.05 Å². The fraction of sp³-hybridized carbons (Fsp3) is 0.444. The number of fused-ring (bicyclic) bond motifs is 1. The predicted molar refractivity (Wildman–Crippen MR) is 52.0 cm³/mol. The minimum absolute atomic E-state index is 0.449. The molecule has 2 rings (SSSR count). The molecule has 0 unspecified atom stereocenters. The lowest BCUT2D eigenvalue weighted by molar-refractivity contribution is -0.387. The highest BCUT2D eigenvalue weighted by molar-refractivity contribution is 5.52. The van der Waals surface area contributed by atoms with Crippen molar-refractivity contribution in [3.8, 4) is 5.75 Å². The van der Waals surface area contributed by atoms with Crippen LogP contribution in [-0.4, -0.2) is 14.6 Å². The maximum Gasteiger partial charge on any atom is 0.375 e. The second-order valence-corrected chi connectivity index (χ2v) is 3.60. The highest BCUT2D eigenvalue weighted by Crippen LogP contribution is 2.33. The smallest absolute Gasteiger partial charge is 0.375 e. The van der Waals surface area contributed by atoms with E-state index in [-0.39, 0.29) is 0 Å². The third-order valence-corrected chi connectivity index (χ3v) is 2.79. The Hall–Kier alpha value is -1.85. The quantitative estimate of drug-likeness (QED) is 0.539. The molecule has 1 aliphatic rings. The molecule has 0 spiro atoms. The Balaban J connectivity index is 2.85. The van der Waals surface area contributed by atoms with Crippen LogP contribution in [0.1, 0.15) is 17.7 Å². The van der Waals surface area contributed by atoms with E-state index in [0.29, 0.717) is 24.1 Å². The molecule has 6 nitrogen and oxygen atoms in total. The topological polar surface area (TPSA) is 85.4 Å². The van der Waals surface area contributed by atoms with Crippen molar-refractivity contribution in [3.63, 3.8) is 0 Å². The van der Waals surface area contributed by atoms with Gasteiger partial charge in [0.25, 0.3) is 0 Å². The Bertz CT molecular complexity index is 504. The molecule has 0 aliphatic heterocycles. The summed E-state index contributed by atoms with van der Waals surface area (Å²) in [5.74, 6) is -0.449. The molecule has 1 heterocycles. The SMILES string of the molecule is Cn1c2c(c(O)c([N+](=O)[O-])c1=O)CCC2. The van der Waals surface area contributed by atoms with E-state index >= 15 is 0 Å². The monoisotopic (exact) mass is 210 g/mol. The molecule has 80 valence electrons. The zero-order valence-corrected chi connectivity index (χ0v) is 8.19. The van der Waals surface area contributed by atoms with Crippen LogP contribution in [0.5, 0.6) is 5.75 Å². The van der Waals surface area contributed by atoms with Gasteiger partial charge in [-0.1, -0.05) is 0 Å². The van der Waals surface area contributed by atoms with Gasteiger partial charge in [0.15, 0.2) is 0 Å². The van der Waals surface area contributed by atoms with E-state index in [1.54, 1.807) is 0 Å². The van der Waals surface area contributed by atoms with E-state index < -0.39 is 21.9 Å². The van der Waals surface area contributed by atoms with Gasteiger partial charge in [0, 0.05) is 18.3 Å². The first-order valence-electron chi connectivity index (χ1n) is 4.62. The number of hydrogen-bond acceptors (Lipinski definition) is 4. The van der Waals surface area contributed by atoms with E-state index in [2.05, 4.69) is 0 Å². The molecular weight excluding hydrogens is 200 g/mol. The molecule has 0 amide bonds. The van der Waals surface area contributed by atoms with Crippen molar-refractivity contribution < 1.29 is 10.0 Å². The standard InChI is InChI=1S/C9H10N2O4/c1-10-6-4-2-3-5(6)8(12)7(9(10)13)11(14)15/h12H,2-4H2,1H3. The average Bonchev–Trinajstić information content (AvgIpc) is 2.62. The number of nitro groups is 1. The summed E-state index contributed by atoms with van der Waals surface area (Å²) < 4.78 is 1.26. The van der Waals surface area contributed by atoms with Gasteiger partial charge in [0.05, 0.1) is 4.92 Å². The average molecular weight is 210 g/mol. The Morgan fingerprint density at radius 1 is 1.47 bits per heavy atom. The first kappa shape index (κ1) is 9.70. The molecule has 1 N–H and O–H groups in total.